The molecule has 0 spiro atoms. The van der Waals surface area contributed by atoms with Crippen molar-refractivity contribution in [2.75, 3.05) is 0 Å². The molecular formula is C14H13F3N2O4S. The van der Waals surface area contributed by atoms with Gasteiger partial charge in [0.2, 0.25) is 0 Å². The van der Waals surface area contributed by atoms with Crippen LogP contribution in [-0.4, -0.2) is 24.4 Å². The second kappa shape index (κ2) is 7.88. The zero-order chi connectivity index (χ0) is 18.4. The first kappa shape index (κ1) is 19.6. The highest BCUT2D eigenvalue weighted by atomic mass is 32.2. The molecule has 0 radical (unpaired) electrons. The van der Waals surface area contributed by atoms with Gasteiger partial charge in [-0.15, -0.1) is 0 Å². The van der Waals surface area contributed by atoms with E-state index in [-0.39, 0.29) is 0 Å². The number of rotatable bonds is 3. The maximum atomic E-state index is 11.0. The number of aromatic nitrogens is 1. The Morgan fingerprint density at radius 1 is 1.12 bits per heavy atom. The van der Waals surface area contributed by atoms with Crippen LogP contribution in [0.25, 0.3) is 0 Å². The predicted molar refractivity (Wildman–Crippen MR) is 76.5 cm³/mol. The van der Waals surface area contributed by atoms with Crippen molar-refractivity contribution in [2.24, 2.45) is 5.73 Å². The smallest absolute Gasteiger partial charge is 0.485 e. The molecule has 6 nitrogen and oxygen atoms in total. The monoisotopic (exact) mass is 362 g/mol. The number of amides is 1. The molecule has 1 heterocycles. The molecule has 2 N–H and O–H groups in total. The number of hydrogen-bond donors (Lipinski definition) is 1. The standard InChI is InChI=1S/C13H12N2O.CHF3O3S/c14-13(16)12-7-4-8-15(10-12)9-11-5-2-1-3-6-11;2-1(3,4)8(5,6)7/h1-8,10H,9H2,(H-,14,16);(H,5,6,7). The summed E-state index contributed by atoms with van der Waals surface area (Å²) >= 11 is 0. The molecule has 0 aliphatic carbocycles. The maximum absolute atomic E-state index is 11.0. The molecule has 1 aromatic heterocycles. The molecule has 0 bridgehead atoms. The van der Waals surface area contributed by atoms with Crippen LogP contribution >= 0.6 is 0 Å². The SMILES string of the molecule is NC(=O)c1ccc[n+](Cc2ccccc2)c1.O=S(=O)([O-])C(F)(F)F. The number of primary amides is 1. The summed E-state index contributed by atoms with van der Waals surface area (Å²) in [5.74, 6) is -0.401. The van der Waals surface area contributed by atoms with Crippen LogP contribution in [0.5, 0.6) is 0 Å². The number of hydrogen-bond acceptors (Lipinski definition) is 4. The molecule has 24 heavy (non-hydrogen) atoms. The van der Waals surface area contributed by atoms with Crippen molar-refractivity contribution in [1.29, 1.82) is 0 Å². The van der Waals surface area contributed by atoms with E-state index in [0.29, 0.717) is 5.56 Å². The zero-order valence-corrected chi connectivity index (χ0v) is 12.9. The van der Waals surface area contributed by atoms with Crippen molar-refractivity contribution in [3.05, 3.63) is 66.0 Å². The Kier molecular flexibility index (Phi) is 6.43. The van der Waals surface area contributed by atoms with Crippen molar-refractivity contribution < 1.29 is 35.5 Å². The van der Waals surface area contributed by atoms with Crippen LogP contribution in [0.1, 0.15) is 15.9 Å². The molecule has 0 unspecified atom stereocenters. The lowest BCUT2D eigenvalue weighted by Gasteiger charge is -2.08. The second-order valence-corrected chi connectivity index (χ2v) is 5.89. The summed E-state index contributed by atoms with van der Waals surface area (Å²) < 4.78 is 60.8. The largest absolute Gasteiger partial charge is 0.741 e. The number of benzene rings is 1. The number of alkyl halides is 3. The molecule has 1 amide bonds. The summed E-state index contributed by atoms with van der Waals surface area (Å²) in [5.41, 5.74) is 1.29. The summed E-state index contributed by atoms with van der Waals surface area (Å²) in [6.45, 7) is 0.738. The minimum Gasteiger partial charge on any atom is -0.741 e. The van der Waals surface area contributed by atoms with Gasteiger partial charge in [0.25, 0.3) is 5.91 Å². The van der Waals surface area contributed by atoms with Crippen LogP contribution in [0.2, 0.25) is 0 Å². The third-order valence-corrected chi connectivity index (χ3v) is 3.20. The van der Waals surface area contributed by atoms with Crippen molar-refractivity contribution in [1.82, 2.24) is 0 Å². The van der Waals surface area contributed by atoms with Crippen molar-refractivity contribution in [3.63, 3.8) is 0 Å². The van der Waals surface area contributed by atoms with Gasteiger partial charge in [-0.05, 0) is 6.07 Å². The Morgan fingerprint density at radius 2 is 1.67 bits per heavy atom. The average Bonchev–Trinajstić information content (AvgIpc) is 2.47. The highest BCUT2D eigenvalue weighted by molar-refractivity contribution is 7.86. The zero-order valence-electron chi connectivity index (χ0n) is 12.1. The lowest BCUT2D eigenvalue weighted by atomic mass is 10.2. The summed E-state index contributed by atoms with van der Waals surface area (Å²) in [7, 11) is -6.09. The average molecular weight is 362 g/mol. The number of halogens is 3. The summed E-state index contributed by atoms with van der Waals surface area (Å²) in [4.78, 5) is 11.0. The van der Waals surface area contributed by atoms with E-state index >= 15 is 0 Å². The van der Waals surface area contributed by atoms with E-state index in [1.165, 1.54) is 5.56 Å². The highest BCUT2D eigenvalue weighted by Crippen LogP contribution is 2.20. The molecule has 2 rings (SSSR count). The normalized spacial score (nSPS) is 11.3. The molecule has 0 aliphatic heterocycles. The van der Waals surface area contributed by atoms with E-state index < -0.39 is 21.5 Å². The second-order valence-electron chi connectivity index (χ2n) is 4.51. The number of nitrogens with two attached hydrogens (primary N) is 1. The third kappa shape index (κ3) is 6.34. The molecule has 10 heteroatoms. The molecule has 0 fully saturated rings. The molecule has 130 valence electrons. The Hall–Kier alpha value is -2.46. The van der Waals surface area contributed by atoms with Crippen LogP contribution < -0.4 is 10.3 Å². The van der Waals surface area contributed by atoms with E-state index in [2.05, 4.69) is 0 Å². The first-order chi connectivity index (χ1) is 11.0. The quantitative estimate of drug-likeness (QED) is 0.503. The van der Waals surface area contributed by atoms with Crippen LogP contribution in [0.3, 0.4) is 0 Å². The number of carbonyl (C=O) groups excluding carboxylic acids is 1. The molecule has 1 aromatic carbocycles. The Bertz CT molecular complexity index is 793. The topological polar surface area (TPSA) is 104 Å². The highest BCUT2D eigenvalue weighted by Gasteiger charge is 2.36. The third-order valence-electron chi connectivity index (χ3n) is 2.63. The fourth-order valence-corrected chi connectivity index (χ4v) is 1.56. The van der Waals surface area contributed by atoms with Crippen LogP contribution in [0, 0.1) is 0 Å². The van der Waals surface area contributed by atoms with Gasteiger partial charge < -0.3 is 10.3 Å². The molecule has 0 saturated carbocycles. The lowest BCUT2D eigenvalue weighted by molar-refractivity contribution is -0.688. The van der Waals surface area contributed by atoms with Crippen molar-refractivity contribution in [2.45, 2.75) is 12.1 Å². The van der Waals surface area contributed by atoms with Crippen LogP contribution in [-0.2, 0) is 16.7 Å². The fourth-order valence-electron chi connectivity index (χ4n) is 1.56. The van der Waals surface area contributed by atoms with Gasteiger partial charge in [0.15, 0.2) is 29.1 Å². The predicted octanol–water partition coefficient (Wildman–Crippen LogP) is 1.17. The van der Waals surface area contributed by atoms with E-state index in [9.17, 15) is 18.0 Å². The lowest BCUT2D eigenvalue weighted by Crippen LogP contribution is -2.35. The molecule has 0 aliphatic rings. The number of carbonyl (C=O) groups is 1. The van der Waals surface area contributed by atoms with E-state index in [1.54, 1.807) is 12.3 Å². The Labute approximate surface area is 136 Å². The Balaban J connectivity index is 0.000000307. The van der Waals surface area contributed by atoms with E-state index in [4.69, 9.17) is 18.7 Å². The van der Waals surface area contributed by atoms with Gasteiger partial charge in [-0.25, -0.2) is 8.42 Å². The first-order valence-corrected chi connectivity index (χ1v) is 7.76. The summed E-state index contributed by atoms with van der Waals surface area (Å²) in [5, 5.41) is 0. The van der Waals surface area contributed by atoms with Crippen molar-refractivity contribution >= 4 is 16.0 Å². The summed E-state index contributed by atoms with van der Waals surface area (Å²) in [6, 6.07) is 13.6. The maximum Gasteiger partial charge on any atom is 0.485 e. The van der Waals surface area contributed by atoms with Crippen LogP contribution in [0.4, 0.5) is 13.2 Å². The molecule has 0 saturated heterocycles. The minimum absolute atomic E-state index is 0.401. The molecule has 2 aromatic rings. The van der Waals surface area contributed by atoms with Crippen LogP contribution in [0.15, 0.2) is 54.9 Å². The molecular weight excluding hydrogens is 349 g/mol. The number of pyridine rings is 1. The van der Waals surface area contributed by atoms with E-state index in [0.717, 1.165) is 6.54 Å². The molecule has 0 atom stereocenters. The fraction of sp³-hybridized carbons (Fsp3) is 0.143. The van der Waals surface area contributed by atoms with Gasteiger partial charge in [-0.2, -0.15) is 17.7 Å². The number of nitrogens with zero attached hydrogens (tertiary/aromatic N) is 1. The minimum atomic E-state index is -6.09. The van der Waals surface area contributed by atoms with Gasteiger partial charge in [-0.1, -0.05) is 30.3 Å². The van der Waals surface area contributed by atoms with Gasteiger partial charge in [0.05, 0.1) is 0 Å². The van der Waals surface area contributed by atoms with E-state index in [1.807, 2.05) is 47.2 Å². The van der Waals surface area contributed by atoms with Gasteiger partial charge in [0, 0.05) is 11.6 Å². The van der Waals surface area contributed by atoms with Gasteiger partial charge >= 0.3 is 5.51 Å². The first-order valence-electron chi connectivity index (χ1n) is 6.35. The Morgan fingerprint density at radius 3 is 2.12 bits per heavy atom. The van der Waals surface area contributed by atoms with Gasteiger partial charge in [0.1, 0.15) is 5.56 Å². The summed E-state index contributed by atoms with van der Waals surface area (Å²) in [6.07, 6.45) is 3.68. The van der Waals surface area contributed by atoms with Crippen molar-refractivity contribution in [3.8, 4) is 0 Å². The van der Waals surface area contributed by atoms with Gasteiger partial charge in [-0.3, -0.25) is 4.79 Å².